The van der Waals surface area contributed by atoms with Crippen LogP contribution in [0.25, 0.3) is 0 Å². The Morgan fingerprint density at radius 3 is 2.55 bits per heavy atom. The Morgan fingerprint density at radius 1 is 1.30 bits per heavy atom. The van der Waals surface area contributed by atoms with Gasteiger partial charge in [-0.25, -0.2) is 13.1 Å². The predicted molar refractivity (Wildman–Crippen MR) is 80.9 cm³/mol. The van der Waals surface area contributed by atoms with Crippen LogP contribution in [0.15, 0.2) is 29.2 Å². The van der Waals surface area contributed by atoms with Crippen LogP contribution in [0.4, 0.5) is 0 Å². The zero-order valence-corrected chi connectivity index (χ0v) is 13.3. The van der Waals surface area contributed by atoms with Crippen LogP contribution in [0.1, 0.15) is 39.2 Å². The van der Waals surface area contributed by atoms with Gasteiger partial charge in [0.05, 0.1) is 4.90 Å². The summed E-state index contributed by atoms with van der Waals surface area (Å²) in [6, 6.07) is 7.26. The van der Waals surface area contributed by atoms with Crippen LogP contribution in [0.2, 0.25) is 0 Å². The number of rotatable bonds is 7. The summed E-state index contributed by atoms with van der Waals surface area (Å²) in [5.41, 5.74) is 0.912. The molecule has 1 aromatic carbocycles. The van der Waals surface area contributed by atoms with Gasteiger partial charge in [0.2, 0.25) is 10.0 Å². The molecule has 0 aliphatic heterocycles. The third-order valence-corrected chi connectivity index (χ3v) is 5.39. The summed E-state index contributed by atoms with van der Waals surface area (Å²) in [4.78, 5) is 0.395. The van der Waals surface area contributed by atoms with E-state index in [1.165, 1.54) is 0 Å². The molecule has 20 heavy (non-hydrogen) atoms. The van der Waals surface area contributed by atoms with E-state index in [4.69, 9.17) is 0 Å². The van der Waals surface area contributed by atoms with E-state index in [0.717, 1.165) is 24.9 Å². The highest BCUT2D eigenvalue weighted by molar-refractivity contribution is 7.89. The van der Waals surface area contributed by atoms with E-state index >= 15 is 0 Å². The van der Waals surface area contributed by atoms with E-state index in [1.807, 2.05) is 12.1 Å². The lowest BCUT2D eigenvalue weighted by Gasteiger charge is -2.13. The van der Waals surface area contributed by atoms with Gasteiger partial charge in [0, 0.05) is 12.6 Å². The van der Waals surface area contributed by atoms with Crippen molar-refractivity contribution in [3.63, 3.8) is 0 Å². The van der Waals surface area contributed by atoms with Crippen LogP contribution >= 0.6 is 0 Å². The predicted octanol–water partition coefficient (Wildman–Crippen LogP) is 2.26. The van der Waals surface area contributed by atoms with Crippen molar-refractivity contribution in [3.05, 3.63) is 29.8 Å². The van der Waals surface area contributed by atoms with Gasteiger partial charge < -0.3 is 5.32 Å². The van der Waals surface area contributed by atoms with Crippen molar-refractivity contribution in [2.24, 2.45) is 5.41 Å². The number of benzene rings is 1. The second-order valence-electron chi connectivity index (χ2n) is 6.15. The molecule has 5 heteroatoms. The van der Waals surface area contributed by atoms with E-state index in [-0.39, 0.29) is 11.5 Å². The van der Waals surface area contributed by atoms with Crippen molar-refractivity contribution in [1.82, 2.24) is 10.0 Å². The van der Waals surface area contributed by atoms with E-state index < -0.39 is 10.0 Å². The van der Waals surface area contributed by atoms with E-state index in [9.17, 15) is 8.42 Å². The molecular formula is C15H24N2O2S. The van der Waals surface area contributed by atoms with Gasteiger partial charge in [-0.15, -0.1) is 0 Å². The summed E-state index contributed by atoms with van der Waals surface area (Å²) in [7, 11) is -3.43. The lowest BCUT2D eigenvalue weighted by molar-refractivity contribution is 0.553. The fraction of sp³-hybridized carbons (Fsp3) is 0.600. The second kappa shape index (κ2) is 5.84. The zero-order chi connectivity index (χ0) is 14.8. The molecule has 112 valence electrons. The highest BCUT2D eigenvalue weighted by Crippen LogP contribution is 2.45. The first-order valence-corrected chi connectivity index (χ1v) is 8.66. The SMILES string of the molecule is CCCNCc1ccccc1S(=O)(=O)NC1CC1(C)C. The van der Waals surface area contributed by atoms with Crippen molar-refractivity contribution in [2.75, 3.05) is 6.54 Å². The third kappa shape index (κ3) is 3.59. The fourth-order valence-electron chi connectivity index (χ4n) is 2.23. The molecule has 0 radical (unpaired) electrons. The molecule has 1 fully saturated rings. The van der Waals surface area contributed by atoms with Gasteiger partial charge in [0.15, 0.2) is 0 Å². The van der Waals surface area contributed by atoms with Crippen molar-refractivity contribution < 1.29 is 8.42 Å². The van der Waals surface area contributed by atoms with E-state index in [2.05, 4.69) is 30.8 Å². The summed E-state index contributed by atoms with van der Waals surface area (Å²) in [5, 5.41) is 3.26. The number of hydrogen-bond donors (Lipinski definition) is 2. The minimum atomic E-state index is -3.43. The molecule has 0 bridgehead atoms. The molecular weight excluding hydrogens is 272 g/mol. The number of nitrogens with one attached hydrogen (secondary N) is 2. The smallest absolute Gasteiger partial charge is 0.241 e. The first-order valence-electron chi connectivity index (χ1n) is 7.18. The average molecular weight is 296 g/mol. The normalized spacial score (nSPS) is 20.9. The van der Waals surface area contributed by atoms with Crippen LogP contribution in [0.3, 0.4) is 0 Å². The maximum absolute atomic E-state index is 12.5. The number of hydrogen-bond acceptors (Lipinski definition) is 3. The van der Waals surface area contributed by atoms with Crippen molar-refractivity contribution in [1.29, 1.82) is 0 Å². The Balaban J connectivity index is 2.14. The van der Waals surface area contributed by atoms with Gasteiger partial charge in [-0.3, -0.25) is 0 Å². The standard InChI is InChI=1S/C15H24N2O2S/c1-4-9-16-11-12-7-5-6-8-13(12)20(18,19)17-14-10-15(14,2)3/h5-8,14,16-17H,4,9-11H2,1-3H3. The molecule has 1 saturated carbocycles. The molecule has 1 aliphatic rings. The Kier molecular flexibility index (Phi) is 4.52. The average Bonchev–Trinajstić information content (AvgIpc) is 2.96. The molecule has 0 heterocycles. The molecule has 0 aromatic heterocycles. The lowest BCUT2D eigenvalue weighted by Crippen LogP contribution is -2.30. The fourth-order valence-corrected chi connectivity index (χ4v) is 3.88. The second-order valence-corrected chi connectivity index (χ2v) is 7.83. The monoisotopic (exact) mass is 296 g/mol. The molecule has 1 atom stereocenters. The molecule has 1 aliphatic carbocycles. The quantitative estimate of drug-likeness (QED) is 0.759. The Bertz CT molecular complexity index is 567. The minimum Gasteiger partial charge on any atom is -0.313 e. The third-order valence-electron chi connectivity index (χ3n) is 3.82. The van der Waals surface area contributed by atoms with E-state index in [1.54, 1.807) is 12.1 Å². The Morgan fingerprint density at radius 2 is 1.95 bits per heavy atom. The van der Waals surface area contributed by atoms with Crippen molar-refractivity contribution in [3.8, 4) is 0 Å². The van der Waals surface area contributed by atoms with E-state index in [0.29, 0.717) is 11.4 Å². The highest BCUT2D eigenvalue weighted by atomic mass is 32.2. The van der Waals surface area contributed by atoms with Gasteiger partial charge in [0.1, 0.15) is 0 Å². The van der Waals surface area contributed by atoms with Crippen molar-refractivity contribution in [2.45, 2.75) is 51.1 Å². The van der Waals surface area contributed by atoms with Crippen LogP contribution in [-0.4, -0.2) is 21.0 Å². The molecule has 1 unspecified atom stereocenters. The first-order chi connectivity index (χ1) is 9.37. The van der Waals surface area contributed by atoms with Crippen LogP contribution < -0.4 is 10.0 Å². The van der Waals surface area contributed by atoms with Crippen LogP contribution in [0.5, 0.6) is 0 Å². The summed E-state index contributed by atoms with van der Waals surface area (Å²) < 4.78 is 27.8. The highest BCUT2D eigenvalue weighted by Gasteiger charge is 2.48. The summed E-state index contributed by atoms with van der Waals surface area (Å²) in [6.07, 6.45) is 1.94. The minimum absolute atomic E-state index is 0.0594. The van der Waals surface area contributed by atoms with Crippen LogP contribution in [-0.2, 0) is 16.6 Å². The molecule has 0 amide bonds. The van der Waals surface area contributed by atoms with Gasteiger partial charge in [0.25, 0.3) is 0 Å². The summed E-state index contributed by atoms with van der Waals surface area (Å²) in [5.74, 6) is 0. The molecule has 2 N–H and O–H groups in total. The van der Waals surface area contributed by atoms with Crippen LogP contribution in [0, 0.1) is 5.41 Å². The Hall–Kier alpha value is -0.910. The summed E-state index contributed by atoms with van der Waals surface area (Å²) >= 11 is 0. The molecule has 0 spiro atoms. The Labute approximate surface area is 122 Å². The molecule has 2 rings (SSSR count). The molecule has 0 saturated heterocycles. The van der Waals surface area contributed by atoms with Crippen molar-refractivity contribution >= 4 is 10.0 Å². The summed E-state index contributed by atoms with van der Waals surface area (Å²) in [6.45, 7) is 7.71. The van der Waals surface area contributed by atoms with Gasteiger partial charge in [-0.05, 0) is 36.4 Å². The zero-order valence-electron chi connectivity index (χ0n) is 12.4. The molecule has 4 nitrogen and oxygen atoms in total. The van der Waals surface area contributed by atoms with Gasteiger partial charge in [-0.2, -0.15) is 0 Å². The topological polar surface area (TPSA) is 58.2 Å². The largest absolute Gasteiger partial charge is 0.313 e. The lowest BCUT2D eigenvalue weighted by atomic mass is 10.2. The first kappa shape index (κ1) is 15.5. The maximum atomic E-state index is 12.5. The van der Waals surface area contributed by atoms with Gasteiger partial charge >= 0.3 is 0 Å². The molecule has 1 aromatic rings. The van der Waals surface area contributed by atoms with Gasteiger partial charge in [-0.1, -0.05) is 39.0 Å². The number of sulfonamides is 1. The maximum Gasteiger partial charge on any atom is 0.241 e.